The van der Waals surface area contributed by atoms with Crippen LogP contribution in [0.5, 0.6) is 5.75 Å². The number of aryl methyl sites for hydroxylation is 1. The van der Waals surface area contributed by atoms with Crippen LogP contribution in [0, 0.1) is 24.2 Å². The average Bonchev–Trinajstić information content (AvgIpc) is 2.40. The van der Waals surface area contributed by atoms with Crippen molar-refractivity contribution >= 4 is 23.3 Å². The molecule has 0 saturated heterocycles. The number of carbonyl (C=O) groups is 1. The number of rotatable bonds is 6. The summed E-state index contributed by atoms with van der Waals surface area (Å²) in [6, 6.07) is 5.51. The van der Waals surface area contributed by atoms with Crippen molar-refractivity contribution in [2.24, 2.45) is 5.92 Å². The van der Waals surface area contributed by atoms with E-state index in [0.29, 0.717) is 16.5 Å². The van der Waals surface area contributed by atoms with Crippen molar-refractivity contribution in [2.75, 3.05) is 25.1 Å². The molecular formula is C14H17ClN2O3. The summed E-state index contributed by atoms with van der Waals surface area (Å²) in [6.45, 7) is 3.74. The third-order valence-electron chi connectivity index (χ3n) is 2.98. The quantitative estimate of drug-likeness (QED) is 0.817. The molecule has 20 heavy (non-hydrogen) atoms. The molecule has 1 atom stereocenters. The van der Waals surface area contributed by atoms with Crippen LogP contribution in [-0.4, -0.2) is 31.3 Å². The van der Waals surface area contributed by atoms with Crippen LogP contribution in [0.25, 0.3) is 0 Å². The molecular weight excluding hydrogens is 280 g/mol. The number of benzene rings is 1. The van der Waals surface area contributed by atoms with Gasteiger partial charge in [-0.2, -0.15) is 5.26 Å². The van der Waals surface area contributed by atoms with E-state index in [1.807, 2.05) is 13.0 Å². The Labute approximate surface area is 123 Å². The number of nitriles is 1. The second-order valence-corrected chi connectivity index (χ2v) is 4.96. The van der Waals surface area contributed by atoms with Crippen molar-refractivity contribution in [3.8, 4) is 11.8 Å². The van der Waals surface area contributed by atoms with Gasteiger partial charge in [0.05, 0.1) is 24.8 Å². The number of ether oxygens (including phenoxy) is 1. The zero-order valence-corrected chi connectivity index (χ0v) is 12.4. The van der Waals surface area contributed by atoms with Crippen LogP contribution in [0.1, 0.15) is 12.5 Å². The lowest BCUT2D eigenvalue weighted by Gasteiger charge is -2.26. The number of carboxylic acid groups (broad SMARTS) is 1. The molecule has 1 N–H and O–H groups in total. The summed E-state index contributed by atoms with van der Waals surface area (Å²) >= 11 is 6.04. The lowest BCUT2D eigenvalue weighted by Crippen LogP contribution is -2.32. The number of methoxy groups -OCH3 is 1. The van der Waals surface area contributed by atoms with E-state index < -0.39 is 11.9 Å². The van der Waals surface area contributed by atoms with Crippen LogP contribution >= 0.6 is 11.6 Å². The van der Waals surface area contributed by atoms with Gasteiger partial charge in [0.25, 0.3) is 0 Å². The van der Waals surface area contributed by atoms with Crippen LogP contribution < -0.4 is 9.64 Å². The largest absolute Gasteiger partial charge is 0.495 e. The number of hydrogen-bond acceptors (Lipinski definition) is 4. The molecule has 1 aromatic rings. The fraction of sp³-hybridized carbons (Fsp3) is 0.429. The molecule has 1 rings (SSSR count). The zero-order chi connectivity index (χ0) is 15.3. The van der Waals surface area contributed by atoms with Crippen LogP contribution in [0.4, 0.5) is 5.69 Å². The predicted molar refractivity (Wildman–Crippen MR) is 77.4 cm³/mol. The molecule has 0 aromatic heterocycles. The summed E-state index contributed by atoms with van der Waals surface area (Å²) in [5.74, 6) is -0.977. The number of aliphatic carboxylic acids is 1. The molecule has 0 spiro atoms. The van der Waals surface area contributed by atoms with Crippen molar-refractivity contribution in [3.05, 3.63) is 22.7 Å². The summed E-state index contributed by atoms with van der Waals surface area (Å²) in [4.78, 5) is 12.7. The highest BCUT2D eigenvalue weighted by molar-refractivity contribution is 6.31. The fourth-order valence-electron chi connectivity index (χ4n) is 1.80. The van der Waals surface area contributed by atoms with Gasteiger partial charge in [0, 0.05) is 17.6 Å². The summed E-state index contributed by atoms with van der Waals surface area (Å²) < 4.78 is 5.27. The molecule has 0 amide bonds. The highest BCUT2D eigenvalue weighted by Gasteiger charge is 2.20. The molecule has 0 fully saturated rings. The molecule has 0 saturated carbocycles. The van der Waals surface area contributed by atoms with Crippen LogP contribution in [0.2, 0.25) is 5.02 Å². The van der Waals surface area contributed by atoms with Crippen LogP contribution in [0.3, 0.4) is 0 Å². The Morgan fingerprint density at radius 1 is 1.60 bits per heavy atom. The van der Waals surface area contributed by atoms with Gasteiger partial charge in [0.1, 0.15) is 12.3 Å². The fourth-order valence-corrected chi connectivity index (χ4v) is 1.95. The van der Waals surface area contributed by atoms with Crippen molar-refractivity contribution in [1.29, 1.82) is 5.26 Å². The maximum absolute atomic E-state index is 11.0. The van der Waals surface area contributed by atoms with Crippen LogP contribution in [0.15, 0.2) is 12.1 Å². The van der Waals surface area contributed by atoms with Gasteiger partial charge in [0.15, 0.2) is 0 Å². The number of hydrogen-bond donors (Lipinski definition) is 1. The first-order chi connectivity index (χ1) is 9.40. The average molecular weight is 297 g/mol. The Bertz CT molecular complexity index is 540. The van der Waals surface area contributed by atoms with Crippen molar-refractivity contribution in [2.45, 2.75) is 13.8 Å². The van der Waals surface area contributed by atoms with Gasteiger partial charge in [-0.3, -0.25) is 4.79 Å². The van der Waals surface area contributed by atoms with Gasteiger partial charge >= 0.3 is 5.97 Å². The molecule has 6 heteroatoms. The molecule has 1 unspecified atom stereocenters. The summed E-state index contributed by atoms with van der Waals surface area (Å²) in [6.07, 6.45) is 0. The smallest absolute Gasteiger partial charge is 0.308 e. The summed E-state index contributed by atoms with van der Waals surface area (Å²) in [5.41, 5.74) is 1.51. The molecule has 0 aliphatic carbocycles. The van der Waals surface area contributed by atoms with Gasteiger partial charge in [0.2, 0.25) is 0 Å². The molecule has 1 aromatic carbocycles. The molecule has 0 radical (unpaired) electrons. The number of carboxylic acids is 1. The van der Waals surface area contributed by atoms with Crippen molar-refractivity contribution in [3.63, 3.8) is 0 Å². The van der Waals surface area contributed by atoms with E-state index >= 15 is 0 Å². The van der Waals surface area contributed by atoms with Gasteiger partial charge < -0.3 is 14.7 Å². The van der Waals surface area contributed by atoms with E-state index in [0.717, 1.165) is 5.56 Å². The monoisotopic (exact) mass is 296 g/mol. The van der Waals surface area contributed by atoms with Gasteiger partial charge in [-0.25, -0.2) is 0 Å². The van der Waals surface area contributed by atoms with Crippen LogP contribution in [-0.2, 0) is 4.79 Å². The Hall–Kier alpha value is -1.93. The number of nitrogens with zero attached hydrogens (tertiary/aromatic N) is 2. The molecule has 5 nitrogen and oxygen atoms in total. The number of halogens is 1. The minimum atomic E-state index is -0.905. The van der Waals surface area contributed by atoms with Crippen molar-refractivity contribution < 1.29 is 14.6 Å². The normalized spacial score (nSPS) is 11.6. The maximum Gasteiger partial charge on any atom is 0.308 e. The van der Waals surface area contributed by atoms with E-state index in [2.05, 4.69) is 0 Å². The Balaban J connectivity index is 3.17. The van der Waals surface area contributed by atoms with Crippen molar-refractivity contribution in [1.82, 2.24) is 0 Å². The van der Waals surface area contributed by atoms with E-state index in [-0.39, 0.29) is 13.1 Å². The summed E-state index contributed by atoms with van der Waals surface area (Å²) in [5, 5.41) is 18.5. The maximum atomic E-state index is 11.0. The lowest BCUT2D eigenvalue weighted by atomic mass is 10.1. The second-order valence-electron chi connectivity index (χ2n) is 4.55. The Kier molecular flexibility index (Phi) is 5.66. The third kappa shape index (κ3) is 3.78. The van der Waals surface area contributed by atoms with E-state index in [1.54, 1.807) is 24.0 Å². The van der Waals surface area contributed by atoms with Gasteiger partial charge in [-0.1, -0.05) is 18.5 Å². The predicted octanol–water partition coefficient (Wildman–Crippen LogP) is 2.71. The Morgan fingerprint density at radius 3 is 2.75 bits per heavy atom. The standard InChI is InChI=1S/C14H17ClN2O3/c1-9-6-12(13(20-3)7-11(9)15)17(5-4-16)8-10(2)14(18)19/h6-7,10H,5,8H2,1-3H3,(H,18,19). The third-order valence-corrected chi connectivity index (χ3v) is 3.39. The summed E-state index contributed by atoms with van der Waals surface area (Å²) in [7, 11) is 1.51. The molecule has 108 valence electrons. The molecule has 0 bridgehead atoms. The Morgan fingerprint density at radius 2 is 2.25 bits per heavy atom. The SMILES string of the molecule is COc1cc(Cl)c(C)cc1N(CC#N)CC(C)C(=O)O. The zero-order valence-electron chi connectivity index (χ0n) is 11.7. The molecule has 0 aliphatic heterocycles. The number of anilines is 1. The first kappa shape index (κ1) is 16.1. The van der Waals surface area contributed by atoms with E-state index in [1.165, 1.54) is 7.11 Å². The van der Waals surface area contributed by atoms with E-state index in [9.17, 15) is 4.79 Å². The minimum absolute atomic E-state index is 0.0784. The minimum Gasteiger partial charge on any atom is -0.495 e. The van der Waals surface area contributed by atoms with Gasteiger partial charge in [-0.15, -0.1) is 0 Å². The highest BCUT2D eigenvalue weighted by atomic mass is 35.5. The molecule has 0 aliphatic rings. The second kappa shape index (κ2) is 7.01. The first-order valence-electron chi connectivity index (χ1n) is 6.09. The molecule has 0 heterocycles. The highest BCUT2D eigenvalue weighted by Crippen LogP contribution is 2.34. The lowest BCUT2D eigenvalue weighted by molar-refractivity contribution is -0.140. The van der Waals surface area contributed by atoms with Gasteiger partial charge in [-0.05, 0) is 18.6 Å². The first-order valence-corrected chi connectivity index (χ1v) is 6.47. The van der Waals surface area contributed by atoms with E-state index in [4.69, 9.17) is 26.7 Å². The topological polar surface area (TPSA) is 73.6 Å².